The Hall–Kier alpha value is -2.17. The number of amides is 1. The summed E-state index contributed by atoms with van der Waals surface area (Å²) in [6.07, 6.45) is 3.97. The fourth-order valence-electron chi connectivity index (χ4n) is 2.79. The van der Waals surface area contributed by atoms with Crippen molar-refractivity contribution in [2.24, 2.45) is 0 Å². The second kappa shape index (κ2) is 7.38. The Morgan fingerprint density at radius 2 is 1.84 bits per heavy atom. The smallest absolute Gasteiger partial charge is 0.268 e. The summed E-state index contributed by atoms with van der Waals surface area (Å²) < 4.78 is 0.579. The molecule has 3 rings (SSSR count). The summed E-state index contributed by atoms with van der Waals surface area (Å²) in [6, 6.07) is 16.1. The van der Waals surface area contributed by atoms with Gasteiger partial charge in [-0.15, -0.1) is 0 Å². The molecular weight excluding hydrogens is 346 g/mol. The maximum absolute atomic E-state index is 12.9. The van der Waals surface area contributed by atoms with Crippen molar-refractivity contribution >= 4 is 46.0 Å². The van der Waals surface area contributed by atoms with Gasteiger partial charge in [-0.2, -0.15) is 0 Å². The standard InChI is InChI=1S/C21H19NOS2/c1-14-9-10-18(16(3)11-14)22-20(23)19(25-21(22)24)13-15(2)12-17-7-5-4-6-8-17/h4-13H,1-3H3/b15-12+,19-13-. The molecule has 1 saturated heterocycles. The third-order valence-electron chi connectivity index (χ3n) is 3.94. The van der Waals surface area contributed by atoms with Gasteiger partial charge in [0.05, 0.1) is 10.6 Å². The minimum atomic E-state index is -0.0530. The summed E-state index contributed by atoms with van der Waals surface area (Å²) in [5.41, 5.74) is 5.22. The van der Waals surface area contributed by atoms with Crippen molar-refractivity contribution in [1.82, 2.24) is 0 Å². The van der Waals surface area contributed by atoms with Crippen molar-refractivity contribution in [2.45, 2.75) is 20.8 Å². The number of thiocarbonyl (C=S) groups is 1. The van der Waals surface area contributed by atoms with Crippen LogP contribution < -0.4 is 4.90 Å². The van der Waals surface area contributed by atoms with E-state index in [1.807, 2.05) is 69.3 Å². The van der Waals surface area contributed by atoms with Crippen LogP contribution in [0, 0.1) is 13.8 Å². The van der Waals surface area contributed by atoms with E-state index in [0.717, 1.165) is 22.4 Å². The van der Waals surface area contributed by atoms with Crippen molar-refractivity contribution in [1.29, 1.82) is 0 Å². The van der Waals surface area contributed by atoms with E-state index in [9.17, 15) is 4.79 Å². The molecule has 0 bridgehead atoms. The van der Waals surface area contributed by atoms with Gasteiger partial charge in [-0.1, -0.05) is 78.1 Å². The molecule has 2 nitrogen and oxygen atoms in total. The Morgan fingerprint density at radius 1 is 1.12 bits per heavy atom. The highest BCUT2D eigenvalue weighted by Gasteiger charge is 2.33. The molecule has 2 aromatic rings. The Balaban J connectivity index is 1.89. The van der Waals surface area contributed by atoms with Crippen molar-refractivity contribution in [3.8, 4) is 0 Å². The number of nitrogens with zero attached hydrogens (tertiary/aromatic N) is 1. The first-order valence-corrected chi connectivity index (χ1v) is 9.27. The van der Waals surface area contributed by atoms with Gasteiger partial charge in [0.15, 0.2) is 4.32 Å². The maximum Gasteiger partial charge on any atom is 0.270 e. The first-order valence-electron chi connectivity index (χ1n) is 8.04. The van der Waals surface area contributed by atoms with Gasteiger partial charge in [-0.25, -0.2) is 0 Å². The molecule has 0 atom stereocenters. The molecule has 0 aromatic heterocycles. The Bertz CT molecular complexity index is 897. The number of carbonyl (C=O) groups is 1. The fourth-order valence-corrected chi connectivity index (χ4v) is 4.13. The molecule has 25 heavy (non-hydrogen) atoms. The predicted molar refractivity (Wildman–Crippen MR) is 112 cm³/mol. The van der Waals surface area contributed by atoms with E-state index in [4.69, 9.17) is 12.2 Å². The van der Waals surface area contributed by atoms with Crippen LogP contribution in [0.2, 0.25) is 0 Å². The molecule has 126 valence electrons. The maximum atomic E-state index is 12.9. The first kappa shape index (κ1) is 17.6. The van der Waals surface area contributed by atoms with E-state index < -0.39 is 0 Å². The number of benzene rings is 2. The molecule has 2 aromatic carbocycles. The van der Waals surface area contributed by atoms with Gasteiger partial charge in [0.2, 0.25) is 0 Å². The Kier molecular flexibility index (Phi) is 5.21. The lowest BCUT2D eigenvalue weighted by molar-refractivity contribution is -0.113. The predicted octanol–water partition coefficient (Wildman–Crippen LogP) is 5.66. The Labute approximate surface area is 158 Å². The molecule has 0 radical (unpaired) electrons. The van der Waals surface area contributed by atoms with Crippen molar-refractivity contribution in [3.05, 3.63) is 81.8 Å². The fraction of sp³-hybridized carbons (Fsp3) is 0.143. The highest BCUT2D eigenvalue weighted by atomic mass is 32.2. The highest BCUT2D eigenvalue weighted by Crippen LogP contribution is 2.37. The number of thioether (sulfide) groups is 1. The van der Waals surface area contributed by atoms with Crippen LogP contribution in [0.15, 0.2) is 65.1 Å². The summed E-state index contributed by atoms with van der Waals surface area (Å²) in [5, 5.41) is 0. The number of carbonyl (C=O) groups excluding carboxylic acids is 1. The molecule has 0 N–H and O–H groups in total. The van der Waals surface area contributed by atoms with Crippen LogP contribution in [-0.2, 0) is 4.79 Å². The van der Waals surface area contributed by atoms with Gasteiger partial charge < -0.3 is 0 Å². The Morgan fingerprint density at radius 3 is 2.52 bits per heavy atom. The van der Waals surface area contributed by atoms with Gasteiger partial charge in [0.25, 0.3) is 5.91 Å². The second-order valence-electron chi connectivity index (χ2n) is 6.11. The van der Waals surface area contributed by atoms with Crippen LogP contribution in [0.5, 0.6) is 0 Å². The van der Waals surface area contributed by atoms with Crippen LogP contribution in [0.3, 0.4) is 0 Å². The molecule has 0 unspecified atom stereocenters. The lowest BCUT2D eigenvalue weighted by atomic mass is 10.1. The molecule has 1 aliphatic rings. The summed E-state index contributed by atoms with van der Waals surface area (Å²) in [5.74, 6) is -0.0530. The lowest BCUT2D eigenvalue weighted by Gasteiger charge is -2.17. The van der Waals surface area contributed by atoms with Crippen molar-refractivity contribution < 1.29 is 4.79 Å². The largest absolute Gasteiger partial charge is 0.270 e. The number of rotatable bonds is 3. The lowest BCUT2D eigenvalue weighted by Crippen LogP contribution is -2.28. The topological polar surface area (TPSA) is 20.3 Å². The quantitative estimate of drug-likeness (QED) is 0.517. The van der Waals surface area contributed by atoms with E-state index in [0.29, 0.717) is 9.23 Å². The third-order valence-corrected chi connectivity index (χ3v) is 5.24. The van der Waals surface area contributed by atoms with Gasteiger partial charge in [-0.3, -0.25) is 9.69 Å². The van der Waals surface area contributed by atoms with Crippen molar-refractivity contribution in [2.75, 3.05) is 4.90 Å². The van der Waals surface area contributed by atoms with Gasteiger partial charge in [0.1, 0.15) is 0 Å². The van der Waals surface area contributed by atoms with Crippen LogP contribution in [-0.4, -0.2) is 10.2 Å². The average Bonchev–Trinajstić information content (AvgIpc) is 2.83. The number of anilines is 1. The van der Waals surface area contributed by atoms with Gasteiger partial charge in [-0.05, 0) is 49.6 Å². The van der Waals surface area contributed by atoms with E-state index in [-0.39, 0.29) is 5.91 Å². The zero-order chi connectivity index (χ0) is 18.0. The monoisotopic (exact) mass is 365 g/mol. The van der Waals surface area contributed by atoms with Crippen LogP contribution in [0.1, 0.15) is 23.6 Å². The molecule has 1 aliphatic heterocycles. The minimum Gasteiger partial charge on any atom is -0.268 e. The number of aryl methyl sites for hydroxylation is 2. The summed E-state index contributed by atoms with van der Waals surface area (Å²) in [4.78, 5) is 15.2. The zero-order valence-electron chi connectivity index (χ0n) is 14.4. The van der Waals surface area contributed by atoms with E-state index in [1.54, 1.807) is 4.90 Å². The number of allylic oxidation sites excluding steroid dienone is 2. The molecular formula is C21H19NOS2. The molecule has 0 saturated carbocycles. The summed E-state index contributed by atoms with van der Waals surface area (Å²) >= 11 is 6.82. The third kappa shape index (κ3) is 3.91. The van der Waals surface area contributed by atoms with E-state index in [2.05, 4.69) is 12.1 Å². The van der Waals surface area contributed by atoms with Crippen LogP contribution >= 0.6 is 24.0 Å². The first-order chi connectivity index (χ1) is 12.0. The molecule has 4 heteroatoms. The average molecular weight is 366 g/mol. The van der Waals surface area contributed by atoms with E-state index >= 15 is 0 Å². The summed E-state index contributed by atoms with van der Waals surface area (Å²) in [6.45, 7) is 6.04. The van der Waals surface area contributed by atoms with E-state index in [1.165, 1.54) is 17.3 Å². The highest BCUT2D eigenvalue weighted by molar-refractivity contribution is 8.27. The van der Waals surface area contributed by atoms with Gasteiger partial charge in [0, 0.05) is 0 Å². The normalized spacial score (nSPS) is 16.8. The minimum absolute atomic E-state index is 0.0530. The zero-order valence-corrected chi connectivity index (χ0v) is 16.1. The summed E-state index contributed by atoms with van der Waals surface area (Å²) in [7, 11) is 0. The van der Waals surface area contributed by atoms with Crippen LogP contribution in [0.4, 0.5) is 5.69 Å². The SMILES string of the molecule is CC(/C=C1\SC(=S)N(c2ccc(C)cc2C)C1=O)=C\c1ccccc1. The van der Waals surface area contributed by atoms with Crippen molar-refractivity contribution in [3.63, 3.8) is 0 Å². The molecule has 0 spiro atoms. The number of hydrogen-bond acceptors (Lipinski definition) is 3. The van der Waals surface area contributed by atoms with Gasteiger partial charge >= 0.3 is 0 Å². The number of hydrogen-bond donors (Lipinski definition) is 0. The molecule has 1 heterocycles. The molecule has 0 aliphatic carbocycles. The second-order valence-corrected chi connectivity index (χ2v) is 7.78. The molecule has 1 amide bonds. The molecule has 1 fully saturated rings. The van der Waals surface area contributed by atoms with Crippen LogP contribution in [0.25, 0.3) is 6.08 Å².